The van der Waals surface area contributed by atoms with Crippen LogP contribution in [0.1, 0.15) is 34.8 Å². The summed E-state index contributed by atoms with van der Waals surface area (Å²) in [5.74, 6) is 1.48. The van der Waals surface area contributed by atoms with E-state index in [1.165, 1.54) is 17.7 Å². The van der Waals surface area contributed by atoms with Crippen molar-refractivity contribution in [1.82, 2.24) is 20.2 Å². The lowest BCUT2D eigenvalue weighted by Crippen LogP contribution is -2.34. The molecule has 1 amide bonds. The molecule has 0 aliphatic carbocycles. The average molecular weight is 388 g/mol. The van der Waals surface area contributed by atoms with Crippen LogP contribution in [0.15, 0.2) is 29.1 Å². The molecule has 0 spiro atoms. The second-order valence-electron chi connectivity index (χ2n) is 6.17. The molecule has 0 atom stereocenters. The zero-order chi connectivity index (χ0) is 19.2. The first kappa shape index (κ1) is 19.3. The van der Waals surface area contributed by atoms with E-state index in [9.17, 15) is 4.79 Å². The summed E-state index contributed by atoms with van der Waals surface area (Å²) in [6.45, 7) is 10.2. The number of nitrogens with one attached hydrogen (secondary N) is 2. The summed E-state index contributed by atoms with van der Waals surface area (Å²) in [7, 11) is 0. The normalized spacial score (nSPS) is 11.3. The fraction of sp³-hybridized carbons (Fsp3) is 0.421. The van der Waals surface area contributed by atoms with E-state index in [1.807, 2.05) is 19.1 Å². The highest BCUT2D eigenvalue weighted by Crippen LogP contribution is 2.33. The number of aromatic nitrogens is 2. The molecule has 7 nitrogen and oxygen atoms in total. The summed E-state index contributed by atoms with van der Waals surface area (Å²) in [5, 5.41) is 7.19. The number of rotatable bonds is 9. The van der Waals surface area contributed by atoms with E-state index in [1.54, 1.807) is 6.26 Å². The molecule has 3 rings (SSSR count). The third-order valence-electron chi connectivity index (χ3n) is 4.55. The van der Waals surface area contributed by atoms with Crippen LogP contribution in [0, 0.1) is 6.92 Å². The summed E-state index contributed by atoms with van der Waals surface area (Å²) in [6, 6.07) is 3.75. The maximum absolute atomic E-state index is 12.6. The first-order valence-electron chi connectivity index (χ1n) is 9.14. The molecule has 27 heavy (non-hydrogen) atoms. The van der Waals surface area contributed by atoms with Gasteiger partial charge >= 0.3 is 0 Å². The van der Waals surface area contributed by atoms with Crippen molar-refractivity contribution in [3.8, 4) is 0 Å². The highest BCUT2D eigenvalue weighted by atomic mass is 32.1. The maximum atomic E-state index is 12.6. The van der Waals surface area contributed by atoms with Crippen LogP contribution in [-0.4, -0.2) is 47.0 Å². The Morgan fingerprint density at radius 3 is 2.81 bits per heavy atom. The monoisotopic (exact) mass is 387 g/mol. The van der Waals surface area contributed by atoms with Crippen molar-refractivity contribution in [3.63, 3.8) is 0 Å². The fourth-order valence-electron chi connectivity index (χ4n) is 2.95. The fourth-order valence-corrected chi connectivity index (χ4v) is 4.02. The second kappa shape index (κ2) is 8.96. The molecular formula is C19H25N5O2S. The number of hydrogen-bond acceptors (Lipinski definition) is 7. The molecular weight excluding hydrogens is 362 g/mol. The van der Waals surface area contributed by atoms with Crippen LogP contribution in [-0.2, 0) is 6.54 Å². The smallest absolute Gasteiger partial charge is 0.261 e. The van der Waals surface area contributed by atoms with E-state index in [-0.39, 0.29) is 5.91 Å². The van der Waals surface area contributed by atoms with Gasteiger partial charge in [-0.25, -0.2) is 9.97 Å². The first-order chi connectivity index (χ1) is 13.1. The van der Waals surface area contributed by atoms with Crippen molar-refractivity contribution in [1.29, 1.82) is 0 Å². The molecule has 0 saturated carbocycles. The van der Waals surface area contributed by atoms with E-state index in [0.29, 0.717) is 23.8 Å². The molecule has 3 aromatic rings. The maximum Gasteiger partial charge on any atom is 0.261 e. The summed E-state index contributed by atoms with van der Waals surface area (Å²) in [5.41, 5.74) is 0.901. The predicted molar refractivity (Wildman–Crippen MR) is 108 cm³/mol. The highest BCUT2D eigenvalue weighted by Gasteiger charge is 2.19. The summed E-state index contributed by atoms with van der Waals surface area (Å²) >= 11 is 1.40. The standard InChI is InChI=1S/C19H25N5O2S/c1-4-24(5-2)9-8-20-18(25)16-13(3)15-17(22-12-23-19(15)27-16)21-11-14-7-6-10-26-14/h6-7,10,12H,4-5,8-9,11H2,1-3H3,(H,20,25)(H,21,22,23). The van der Waals surface area contributed by atoms with Crippen molar-refractivity contribution in [2.24, 2.45) is 0 Å². The number of carbonyl (C=O) groups is 1. The molecule has 8 heteroatoms. The number of thiophene rings is 1. The minimum Gasteiger partial charge on any atom is -0.467 e. The molecule has 0 aliphatic heterocycles. The van der Waals surface area contributed by atoms with Crippen LogP contribution < -0.4 is 10.6 Å². The van der Waals surface area contributed by atoms with Crippen LogP contribution in [0.3, 0.4) is 0 Å². The van der Waals surface area contributed by atoms with Gasteiger partial charge in [0.25, 0.3) is 5.91 Å². The molecule has 0 unspecified atom stereocenters. The van der Waals surface area contributed by atoms with Gasteiger partial charge in [-0.05, 0) is 37.7 Å². The molecule has 0 saturated heterocycles. The zero-order valence-electron chi connectivity index (χ0n) is 15.9. The van der Waals surface area contributed by atoms with Gasteiger partial charge in [-0.2, -0.15) is 0 Å². The van der Waals surface area contributed by atoms with E-state index in [4.69, 9.17) is 4.42 Å². The van der Waals surface area contributed by atoms with Gasteiger partial charge < -0.3 is 20.0 Å². The minimum atomic E-state index is -0.0559. The number of furan rings is 1. The number of anilines is 1. The summed E-state index contributed by atoms with van der Waals surface area (Å²) in [4.78, 5) is 25.1. The Morgan fingerprint density at radius 2 is 2.11 bits per heavy atom. The van der Waals surface area contributed by atoms with Gasteiger partial charge in [-0.15, -0.1) is 11.3 Å². The van der Waals surface area contributed by atoms with Crippen molar-refractivity contribution in [2.45, 2.75) is 27.3 Å². The van der Waals surface area contributed by atoms with Crippen LogP contribution in [0.4, 0.5) is 5.82 Å². The van der Waals surface area contributed by atoms with Gasteiger partial charge in [0.15, 0.2) is 0 Å². The molecule has 144 valence electrons. The number of fused-ring (bicyclic) bond motifs is 1. The van der Waals surface area contributed by atoms with E-state index in [2.05, 4.69) is 39.3 Å². The highest BCUT2D eigenvalue weighted by molar-refractivity contribution is 7.20. The lowest BCUT2D eigenvalue weighted by Gasteiger charge is -2.17. The van der Waals surface area contributed by atoms with Crippen LogP contribution >= 0.6 is 11.3 Å². The van der Waals surface area contributed by atoms with Gasteiger partial charge in [0.1, 0.15) is 22.7 Å². The molecule has 0 aliphatic rings. The molecule has 0 aromatic carbocycles. The molecule has 0 fully saturated rings. The van der Waals surface area contributed by atoms with Crippen LogP contribution in [0.2, 0.25) is 0 Å². The van der Waals surface area contributed by atoms with E-state index >= 15 is 0 Å². The van der Waals surface area contributed by atoms with Crippen molar-refractivity contribution in [3.05, 3.63) is 40.9 Å². The van der Waals surface area contributed by atoms with Gasteiger partial charge in [-0.1, -0.05) is 13.8 Å². The molecule has 2 N–H and O–H groups in total. The van der Waals surface area contributed by atoms with Crippen LogP contribution in [0.5, 0.6) is 0 Å². The third kappa shape index (κ3) is 4.45. The first-order valence-corrected chi connectivity index (χ1v) is 9.96. The van der Waals surface area contributed by atoms with Crippen molar-refractivity contribution in [2.75, 3.05) is 31.5 Å². The Labute approximate surface area is 162 Å². The van der Waals surface area contributed by atoms with Gasteiger partial charge in [-0.3, -0.25) is 4.79 Å². The number of carbonyl (C=O) groups excluding carboxylic acids is 1. The van der Waals surface area contributed by atoms with Gasteiger partial charge in [0, 0.05) is 13.1 Å². The topological polar surface area (TPSA) is 83.3 Å². The number of likely N-dealkylation sites (N-methyl/N-ethyl adjacent to an activating group) is 1. The summed E-state index contributed by atoms with van der Waals surface area (Å²) in [6.07, 6.45) is 3.16. The molecule has 0 radical (unpaired) electrons. The molecule has 3 aromatic heterocycles. The Bertz CT molecular complexity index is 887. The Hall–Kier alpha value is -2.45. The SMILES string of the molecule is CCN(CC)CCNC(=O)c1sc2ncnc(NCc3ccco3)c2c1C. The zero-order valence-corrected chi connectivity index (χ0v) is 16.7. The van der Waals surface area contributed by atoms with Crippen LogP contribution in [0.25, 0.3) is 10.2 Å². The number of nitrogens with zero attached hydrogens (tertiary/aromatic N) is 3. The average Bonchev–Trinajstić information content (AvgIpc) is 3.32. The lowest BCUT2D eigenvalue weighted by molar-refractivity contribution is 0.0952. The molecule has 3 heterocycles. The Kier molecular flexibility index (Phi) is 6.41. The van der Waals surface area contributed by atoms with E-state index < -0.39 is 0 Å². The quantitative estimate of drug-likeness (QED) is 0.586. The van der Waals surface area contributed by atoms with Gasteiger partial charge in [0.05, 0.1) is 23.1 Å². The largest absolute Gasteiger partial charge is 0.467 e. The minimum absolute atomic E-state index is 0.0559. The third-order valence-corrected chi connectivity index (χ3v) is 5.75. The Morgan fingerprint density at radius 1 is 1.30 bits per heavy atom. The summed E-state index contributed by atoms with van der Waals surface area (Å²) < 4.78 is 5.35. The van der Waals surface area contributed by atoms with E-state index in [0.717, 1.165) is 41.2 Å². The Balaban J connectivity index is 1.74. The lowest BCUT2D eigenvalue weighted by atomic mass is 10.2. The van der Waals surface area contributed by atoms with Gasteiger partial charge in [0.2, 0.25) is 0 Å². The molecule has 0 bridgehead atoms. The second-order valence-corrected chi connectivity index (χ2v) is 7.17. The number of aryl methyl sites for hydroxylation is 1. The van der Waals surface area contributed by atoms with Crippen molar-refractivity contribution < 1.29 is 9.21 Å². The van der Waals surface area contributed by atoms with Crippen molar-refractivity contribution >= 4 is 33.3 Å². The number of amides is 1. The number of hydrogen-bond donors (Lipinski definition) is 2. The predicted octanol–water partition coefficient (Wildman–Crippen LogP) is 3.28.